The maximum Gasteiger partial charge on any atom is 0.255 e. The van der Waals surface area contributed by atoms with Gasteiger partial charge in [-0.1, -0.05) is 15.9 Å². The summed E-state index contributed by atoms with van der Waals surface area (Å²) in [5, 5.41) is 10.0. The molecule has 1 saturated heterocycles. The van der Waals surface area contributed by atoms with Crippen molar-refractivity contribution in [1.82, 2.24) is 4.90 Å². The van der Waals surface area contributed by atoms with Gasteiger partial charge in [-0.3, -0.25) is 4.79 Å². The standard InChI is InChI=1S/C13H16BrNO2S/c1-13(17)5-2-6-15(8-13)12(16)10-4-3-9(14)7-11(10)18/h3-4,7,17-18H,2,5-6,8H2,1H3. The van der Waals surface area contributed by atoms with Crippen molar-refractivity contribution in [3.05, 3.63) is 28.2 Å². The lowest BCUT2D eigenvalue weighted by atomic mass is 9.94. The minimum Gasteiger partial charge on any atom is -0.388 e. The Bertz CT molecular complexity index is 476. The fourth-order valence-electron chi connectivity index (χ4n) is 2.25. The van der Waals surface area contributed by atoms with Crippen molar-refractivity contribution in [2.24, 2.45) is 0 Å². The summed E-state index contributed by atoms with van der Waals surface area (Å²) in [7, 11) is 0. The van der Waals surface area contributed by atoms with Gasteiger partial charge in [0.25, 0.3) is 5.91 Å². The minimum absolute atomic E-state index is 0.0625. The lowest BCUT2D eigenvalue weighted by molar-refractivity contribution is -0.0108. The van der Waals surface area contributed by atoms with E-state index in [-0.39, 0.29) is 5.91 Å². The molecule has 1 aromatic rings. The molecule has 0 radical (unpaired) electrons. The first kappa shape index (κ1) is 13.9. The number of benzene rings is 1. The SMILES string of the molecule is CC1(O)CCCN(C(=O)c2ccc(Br)cc2S)C1. The third-order valence-electron chi connectivity index (χ3n) is 3.15. The Labute approximate surface area is 121 Å². The maximum atomic E-state index is 12.4. The number of amides is 1. The molecule has 98 valence electrons. The summed E-state index contributed by atoms with van der Waals surface area (Å²) in [4.78, 5) is 14.7. The Morgan fingerprint density at radius 1 is 1.56 bits per heavy atom. The van der Waals surface area contributed by atoms with Crippen LogP contribution < -0.4 is 0 Å². The lowest BCUT2D eigenvalue weighted by Crippen LogP contribution is -2.48. The van der Waals surface area contributed by atoms with Crippen LogP contribution in [0.15, 0.2) is 27.6 Å². The molecular formula is C13H16BrNO2S. The molecule has 1 aromatic carbocycles. The smallest absolute Gasteiger partial charge is 0.255 e. The fourth-order valence-corrected chi connectivity index (χ4v) is 3.10. The molecular weight excluding hydrogens is 314 g/mol. The van der Waals surface area contributed by atoms with Crippen LogP contribution >= 0.6 is 28.6 Å². The minimum atomic E-state index is -0.778. The Morgan fingerprint density at radius 2 is 2.28 bits per heavy atom. The molecule has 3 nitrogen and oxygen atoms in total. The van der Waals surface area contributed by atoms with Gasteiger partial charge < -0.3 is 10.0 Å². The number of likely N-dealkylation sites (tertiary alicyclic amines) is 1. The number of β-amino-alcohol motifs (C(OH)–C–C–N with tert-alkyl or cyclic N) is 1. The molecule has 0 saturated carbocycles. The summed E-state index contributed by atoms with van der Waals surface area (Å²) in [5.41, 5.74) is -0.195. The number of carbonyl (C=O) groups excluding carboxylic acids is 1. The first-order chi connectivity index (χ1) is 8.39. The lowest BCUT2D eigenvalue weighted by Gasteiger charge is -2.37. The average Bonchev–Trinajstić information content (AvgIpc) is 2.27. The molecule has 0 bridgehead atoms. The number of thiol groups is 1. The van der Waals surface area contributed by atoms with E-state index in [9.17, 15) is 9.90 Å². The second-order valence-electron chi connectivity index (χ2n) is 4.99. The monoisotopic (exact) mass is 329 g/mol. The van der Waals surface area contributed by atoms with Crippen LogP contribution in [0.2, 0.25) is 0 Å². The Kier molecular flexibility index (Phi) is 4.04. The van der Waals surface area contributed by atoms with Crippen molar-refractivity contribution in [2.45, 2.75) is 30.3 Å². The molecule has 5 heteroatoms. The highest BCUT2D eigenvalue weighted by Crippen LogP contribution is 2.25. The van der Waals surface area contributed by atoms with Crippen molar-refractivity contribution < 1.29 is 9.90 Å². The number of aliphatic hydroxyl groups is 1. The summed E-state index contributed by atoms with van der Waals surface area (Å²) in [5.74, 6) is -0.0625. The zero-order chi connectivity index (χ0) is 13.3. The van der Waals surface area contributed by atoms with Gasteiger partial charge in [0.05, 0.1) is 11.2 Å². The first-order valence-corrected chi connectivity index (χ1v) is 7.13. The van der Waals surface area contributed by atoms with E-state index in [0.717, 1.165) is 17.3 Å². The highest BCUT2D eigenvalue weighted by atomic mass is 79.9. The molecule has 1 atom stereocenters. The molecule has 0 aromatic heterocycles. The van der Waals surface area contributed by atoms with Crippen LogP contribution in [0.3, 0.4) is 0 Å². The van der Waals surface area contributed by atoms with E-state index in [1.54, 1.807) is 24.0 Å². The first-order valence-electron chi connectivity index (χ1n) is 5.89. The Balaban J connectivity index is 2.20. The summed E-state index contributed by atoms with van der Waals surface area (Å²) >= 11 is 7.68. The van der Waals surface area contributed by atoms with Crippen LogP contribution in [0.5, 0.6) is 0 Å². The largest absolute Gasteiger partial charge is 0.388 e. The molecule has 1 aliphatic rings. The third-order valence-corrected chi connectivity index (χ3v) is 4.02. The van der Waals surface area contributed by atoms with E-state index < -0.39 is 5.60 Å². The topological polar surface area (TPSA) is 40.5 Å². The molecule has 1 aliphatic heterocycles. The van der Waals surface area contributed by atoms with Crippen molar-refractivity contribution in [3.8, 4) is 0 Å². The van der Waals surface area contributed by atoms with Gasteiger partial charge in [-0.05, 0) is 38.0 Å². The van der Waals surface area contributed by atoms with Crippen LogP contribution in [-0.2, 0) is 0 Å². The van der Waals surface area contributed by atoms with Crippen LogP contribution in [0.25, 0.3) is 0 Å². The predicted molar refractivity (Wildman–Crippen MR) is 77.2 cm³/mol. The van der Waals surface area contributed by atoms with Gasteiger partial charge >= 0.3 is 0 Å². The third kappa shape index (κ3) is 3.08. The quantitative estimate of drug-likeness (QED) is 0.778. The number of nitrogens with zero attached hydrogens (tertiary/aromatic N) is 1. The van der Waals surface area contributed by atoms with E-state index in [0.29, 0.717) is 23.5 Å². The van der Waals surface area contributed by atoms with Crippen molar-refractivity contribution in [1.29, 1.82) is 0 Å². The molecule has 1 N–H and O–H groups in total. The summed E-state index contributed by atoms with van der Waals surface area (Å²) in [6.07, 6.45) is 1.57. The van der Waals surface area contributed by atoms with Crippen molar-refractivity contribution in [2.75, 3.05) is 13.1 Å². The zero-order valence-electron chi connectivity index (χ0n) is 10.2. The van der Waals surface area contributed by atoms with E-state index in [1.165, 1.54) is 0 Å². The van der Waals surface area contributed by atoms with Crippen LogP contribution in [0.4, 0.5) is 0 Å². The zero-order valence-corrected chi connectivity index (χ0v) is 12.7. The number of rotatable bonds is 1. The summed E-state index contributed by atoms with van der Waals surface area (Å²) in [6.45, 7) is 2.85. The van der Waals surface area contributed by atoms with E-state index in [1.807, 2.05) is 6.07 Å². The molecule has 0 spiro atoms. The summed E-state index contributed by atoms with van der Waals surface area (Å²) in [6, 6.07) is 5.39. The molecule has 1 unspecified atom stereocenters. The number of carbonyl (C=O) groups is 1. The number of halogens is 1. The molecule has 1 fully saturated rings. The average molecular weight is 330 g/mol. The Morgan fingerprint density at radius 3 is 2.89 bits per heavy atom. The molecule has 18 heavy (non-hydrogen) atoms. The van der Waals surface area contributed by atoms with E-state index >= 15 is 0 Å². The van der Waals surface area contributed by atoms with Crippen molar-refractivity contribution >= 4 is 34.5 Å². The highest BCUT2D eigenvalue weighted by molar-refractivity contribution is 9.10. The van der Waals surface area contributed by atoms with Gasteiger partial charge in [0.1, 0.15) is 0 Å². The van der Waals surface area contributed by atoms with Gasteiger partial charge in [0.15, 0.2) is 0 Å². The van der Waals surface area contributed by atoms with Crippen molar-refractivity contribution in [3.63, 3.8) is 0 Å². The summed E-state index contributed by atoms with van der Waals surface area (Å²) < 4.78 is 0.898. The van der Waals surface area contributed by atoms with Gasteiger partial charge in [-0.15, -0.1) is 12.6 Å². The van der Waals surface area contributed by atoms with Crippen LogP contribution in [-0.4, -0.2) is 34.6 Å². The van der Waals surface area contributed by atoms with Gasteiger partial charge in [-0.2, -0.15) is 0 Å². The van der Waals surface area contributed by atoms with Crippen LogP contribution in [0.1, 0.15) is 30.1 Å². The van der Waals surface area contributed by atoms with Gasteiger partial charge in [-0.25, -0.2) is 0 Å². The van der Waals surface area contributed by atoms with Crippen LogP contribution in [0, 0.1) is 0 Å². The number of hydrogen-bond acceptors (Lipinski definition) is 3. The molecule has 2 rings (SSSR count). The number of hydrogen-bond donors (Lipinski definition) is 2. The molecule has 1 heterocycles. The second kappa shape index (κ2) is 5.23. The molecule has 0 aliphatic carbocycles. The maximum absolute atomic E-state index is 12.4. The second-order valence-corrected chi connectivity index (χ2v) is 6.39. The van der Waals surface area contributed by atoms with E-state index in [2.05, 4.69) is 28.6 Å². The van der Waals surface area contributed by atoms with Gasteiger partial charge in [0, 0.05) is 22.5 Å². The van der Waals surface area contributed by atoms with E-state index in [4.69, 9.17) is 0 Å². The molecule has 1 amide bonds. The number of piperidine rings is 1. The fraction of sp³-hybridized carbons (Fsp3) is 0.462. The Hall–Kier alpha value is -0.520. The highest BCUT2D eigenvalue weighted by Gasteiger charge is 2.31. The van der Waals surface area contributed by atoms with Gasteiger partial charge in [0.2, 0.25) is 0 Å². The normalized spacial score (nSPS) is 24.1. The predicted octanol–water partition coefficient (Wildman–Crippen LogP) is 2.72.